The smallest absolute Gasteiger partial charge is 0.235 e. The first kappa shape index (κ1) is 20.3. The van der Waals surface area contributed by atoms with Crippen molar-refractivity contribution < 1.29 is 17.9 Å². The summed E-state index contributed by atoms with van der Waals surface area (Å²) in [6, 6.07) is 0. The van der Waals surface area contributed by atoms with Gasteiger partial charge < -0.3 is 19.9 Å². The maximum atomic E-state index is 12.0. The second-order valence-electron chi connectivity index (χ2n) is 6.14. The Bertz CT molecular complexity index is 735. The van der Waals surface area contributed by atoms with Crippen LogP contribution in [0.3, 0.4) is 0 Å². The van der Waals surface area contributed by atoms with Crippen LogP contribution in [0.5, 0.6) is 0 Å². The van der Waals surface area contributed by atoms with Crippen LogP contribution in [0.25, 0.3) is 0 Å². The van der Waals surface area contributed by atoms with E-state index >= 15 is 0 Å². The maximum Gasteiger partial charge on any atom is 0.235 e. The molecule has 1 N–H and O–H groups in total. The van der Waals surface area contributed by atoms with Crippen molar-refractivity contribution in [2.75, 3.05) is 70.0 Å². The van der Waals surface area contributed by atoms with E-state index in [1.165, 1.54) is 7.05 Å². The van der Waals surface area contributed by atoms with E-state index in [2.05, 4.69) is 20.3 Å². The Balaban J connectivity index is 2.07. The van der Waals surface area contributed by atoms with E-state index in [4.69, 9.17) is 4.74 Å². The van der Waals surface area contributed by atoms with Gasteiger partial charge in [0.1, 0.15) is 0 Å². The van der Waals surface area contributed by atoms with Gasteiger partial charge in [-0.1, -0.05) is 0 Å². The van der Waals surface area contributed by atoms with Gasteiger partial charge in [-0.3, -0.25) is 4.79 Å². The number of likely N-dealkylation sites (N-methyl/N-ethyl adjacent to an activating group) is 1. The largest absolute Gasteiger partial charge is 0.378 e. The number of rotatable bonds is 7. The summed E-state index contributed by atoms with van der Waals surface area (Å²) in [5.74, 6) is 0.988. The standard InChI is InChI=1S/C14H25N7O4S/c1-19(2)13-16-11(9-15-12(22)10-20(3)26(4,23)24)17-14(18-13)21-5-7-25-8-6-21/h5-10H2,1-4H3,(H,15,22). The number of anilines is 2. The van der Waals surface area contributed by atoms with Crippen LogP contribution in [-0.2, 0) is 26.1 Å². The lowest BCUT2D eigenvalue weighted by molar-refractivity contribution is -0.121. The number of hydrogen-bond acceptors (Lipinski definition) is 9. The minimum Gasteiger partial charge on any atom is -0.378 e. The van der Waals surface area contributed by atoms with Crippen molar-refractivity contribution in [3.63, 3.8) is 0 Å². The number of amides is 1. The first-order valence-corrected chi connectivity index (χ1v) is 9.94. The molecule has 11 nitrogen and oxygen atoms in total. The van der Waals surface area contributed by atoms with Crippen LogP contribution in [0.1, 0.15) is 5.82 Å². The molecule has 1 aliphatic heterocycles. The fraction of sp³-hybridized carbons (Fsp3) is 0.714. The number of hydrogen-bond donors (Lipinski definition) is 1. The predicted octanol–water partition coefficient (Wildman–Crippen LogP) is -1.72. The molecule has 1 amide bonds. The van der Waals surface area contributed by atoms with Crippen molar-refractivity contribution in [3.8, 4) is 0 Å². The summed E-state index contributed by atoms with van der Waals surface area (Å²) in [6.07, 6.45) is 1.05. The number of aromatic nitrogens is 3. The van der Waals surface area contributed by atoms with E-state index in [0.717, 1.165) is 10.6 Å². The van der Waals surface area contributed by atoms with Gasteiger partial charge in [0.05, 0.1) is 32.6 Å². The number of sulfonamides is 1. The number of nitrogens with zero attached hydrogens (tertiary/aromatic N) is 6. The van der Waals surface area contributed by atoms with Crippen LogP contribution >= 0.6 is 0 Å². The zero-order chi connectivity index (χ0) is 19.3. The predicted molar refractivity (Wildman–Crippen MR) is 96.5 cm³/mol. The number of carbonyl (C=O) groups is 1. The fourth-order valence-corrected chi connectivity index (χ4v) is 2.48. The summed E-state index contributed by atoms with van der Waals surface area (Å²) in [6.45, 7) is 2.39. The molecule has 1 fully saturated rings. The SMILES string of the molecule is CN(C)c1nc(CNC(=O)CN(C)S(C)(=O)=O)nc(N2CCOCC2)n1. The molecule has 0 bridgehead atoms. The topological polar surface area (TPSA) is 121 Å². The highest BCUT2D eigenvalue weighted by molar-refractivity contribution is 7.88. The van der Waals surface area contributed by atoms with Crippen molar-refractivity contribution in [1.82, 2.24) is 24.6 Å². The van der Waals surface area contributed by atoms with Gasteiger partial charge in [-0.25, -0.2) is 8.42 Å². The van der Waals surface area contributed by atoms with E-state index in [9.17, 15) is 13.2 Å². The molecule has 0 aliphatic carbocycles. The second kappa shape index (κ2) is 8.56. The van der Waals surface area contributed by atoms with Crippen molar-refractivity contribution >= 4 is 27.8 Å². The molecule has 0 spiro atoms. The summed E-state index contributed by atoms with van der Waals surface area (Å²) >= 11 is 0. The van der Waals surface area contributed by atoms with Crippen LogP contribution in [0.4, 0.5) is 11.9 Å². The molecule has 0 unspecified atom stereocenters. The summed E-state index contributed by atoms with van der Waals surface area (Å²) < 4.78 is 29.1. The van der Waals surface area contributed by atoms with Crippen LogP contribution in [0.2, 0.25) is 0 Å². The van der Waals surface area contributed by atoms with Crippen LogP contribution in [-0.4, -0.2) is 93.8 Å². The van der Waals surface area contributed by atoms with Crippen LogP contribution in [0.15, 0.2) is 0 Å². The lowest BCUT2D eigenvalue weighted by Crippen LogP contribution is -2.39. The first-order valence-electron chi connectivity index (χ1n) is 8.10. The maximum absolute atomic E-state index is 12.0. The van der Waals surface area contributed by atoms with Gasteiger partial charge in [0, 0.05) is 34.2 Å². The highest BCUT2D eigenvalue weighted by Gasteiger charge is 2.18. The zero-order valence-electron chi connectivity index (χ0n) is 15.5. The highest BCUT2D eigenvalue weighted by Crippen LogP contribution is 2.14. The fourth-order valence-electron chi connectivity index (χ4n) is 2.13. The molecule has 2 heterocycles. The highest BCUT2D eigenvalue weighted by atomic mass is 32.2. The third-order valence-electron chi connectivity index (χ3n) is 3.73. The molecule has 0 atom stereocenters. The zero-order valence-corrected chi connectivity index (χ0v) is 16.3. The third kappa shape index (κ3) is 5.75. The molecule has 2 rings (SSSR count). The number of morpholine rings is 1. The normalized spacial score (nSPS) is 15.2. The van der Waals surface area contributed by atoms with E-state index in [1.807, 2.05) is 19.0 Å². The lowest BCUT2D eigenvalue weighted by atomic mass is 10.4. The molecule has 0 aromatic carbocycles. The molecule has 0 saturated carbocycles. The molecule has 1 aromatic heterocycles. The molecule has 0 radical (unpaired) electrons. The Kier molecular flexibility index (Phi) is 6.67. The number of ether oxygens (including phenoxy) is 1. The van der Waals surface area contributed by atoms with E-state index < -0.39 is 15.9 Å². The van der Waals surface area contributed by atoms with Crippen molar-refractivity contribution in [2.24, 2.45) is 0 Å². The van der Waals surface area contributed by atoms with Crippen LogP contribution < -0.4 is 15.1 Å². The van der Waals surface area contributed by atoms with Gasteiger partial charge in [0.2, 0.25) is 27.8 Å². The monoisotopic (exact) mass is 387 g/mol. The molecule has 12 heteroatoms. The molecule has 1 aliphatic rings. The molecule has 146 valence electrons. The van der Waals surface area contributed by atoms with Crippen molar-refractivity contribution in [3.05, 3.63) is 5.82 Å². The number of nitrogens with one attached hydrogen (secondary N) is 1. The minimum absolute atomic E-state index is 0.0805. The number of carbonyl (C=O) groups excluding carboxylic acids is 1. The Labute approximate surface area is 153 Å². The summed E-state index contributed by atoms with van der Waals surface area (Å²) in [4.78, 5) is 28.9. The Morgan fingerprint density at radius 2 is 1.85 bits per heavy atom. The summed E-state index contributed by atoms with van der Waals surface area (Å²) in [5, 5.41) is 2.64. The van der Waals surface area contributed by atoms with Gasteiger partial charge >= 0.3 is 0 Å². The molecule has 1 saturated heterocycles. The van der Waals surface area contributed by atoms with Gasteiger partial charge in [-0.05, 0) is 0 Å². The van der Waals surface area contributed by atoms with Crippen LogP contribution in [0, 0.1) is 0 Å². The second-order valence-corrected chi connectivity index (χ2v) is 8.23. The van der Waals surface area contributed by atoms with E-state index in [0.29, 0.717) is 44.0 Å². The van der Waals surface area contributed by atoms with Gasteiger partial charge in [0.15, 0.2) is 5.82 Å². The average molecular weight is 387 g/mol. The Morgan fingerprint density at radius 1 is 1.19 bits per heavy atom. The van der Waals surface area contributed by atoms with Gasteiger partial charge in [-0.2, -0.15) is 19.3 Å². The van der Waals surface area contributed by atoms with Gasteiger partial charge in [0.25, 0.3) is 0 Å². The molecule has 1 aromatic rings. The molecule has 26 heavy (non-hydrogen) atoms. The van der Waals surface area contributed by atoms with E-state index in [1.54, 1.807) is 4.90 Å². The molecular formula is C14H25N7O4S. The average Bonchev–Trinajstić information content (AvgIpc) is 2.59. The minimum atomic E-state index is -3.41. The van der Waals surface area contributed by atoms with Gasteiger partial charge in [-0.15, -0.1) is 0 Å². The quantitative estimate of drug-likeness (QED) is 0.582. The summed E-state index contributed by atoms with van der Waals surface area (Å²) in [7, 11) is 1.57. The van der Waals surface area contributed by atoms with Crippen molar-refractivity contribution in [2.45, 2.75) is 6.54 Å². The molecular weight excluding hydrogens is 362 g/mol. The third-order valence-corrected chi connectivity index (χ3v) is 4.99. The van der Waals surface area contributed by atoms with Crippen molar-refractivity contribution in [1.29, 1.82) is 0 Å². The Hall–Kier alpha value is -2.05. The first-order chi connectivity index (χ1) is 12.2. The Morgan fingerprint density at radius 3 is 2.42 bits per heavy atom. The summed E-state index contributed by atoms with van der Waals surface area (Å²) in [5.41, 5.74) is 0. The lowest BCUT2D eigenvalue weighted by Gasteiger charge is -2.27. The van der Waals surface area contributed by atoms with E-state index in [-0.39, 0.29) is 13.1 Å².